The summed E-state index contributed by atoms with van der Waals surface area (Å²) in [5, 5.41) is 8.26. The molecule has 0 unspecified atom stereocenters. The second-order valence-electron chi connectivity index (χ2n) is 5.90. The van der Waals surface area contributed by atoms with E-state index in [9.17, 15) is 9.59 Å². The van der Waals surface area contributed by atoms with E-state index < -0.39 is 0 Å². The van der Waals surface area contributed by atoms with Gasteiger partial charge in [-0.3, -0.25) is 9.59 Å². The molecule has 1 amide bonds. The number of hydrogen-bond acceptors (Lipinski definition) is 3. The highest BCUT2D eigenvalue weighted by molar-refractivity contribution is 5.81. The van der Waals surface area contributed by atoms with Crippen molar-refractivity contribution in [1.29, 1.82) is 0 Å². The molecular formula is C19H19N3O2. The van der Waals surface area contributed by atoms with Crippen LogP contribution in [0.25, 0.3) is 10.8 Å². The van der Waals surface area contributed by atoms with E-state index in [1.807, 2.05) is 38.1 Å². The number of benzene rings is 2. The lowest BCUT2D eigenvalue weighted by Gasteiger charge is -2.10. The smallest absolute Gasteiger partial charge is 0.275 e. The van der Waals surface area contributed by atoms with E-state index in [0.717, 1.165) is 16.5 Å². The van der Waals surface area contributed by atoms with E-state index >= 15 is 0 Å². The van der Waals surface area contributed by atoms with Gasteiger partial charge in [0.15, 0.2) is 0 Å². The summed E-state index contributed by atoms with van der Waals surface area (Å²) in [6.45, 7) is 4.40. The van der Waals surface area contributed by atoms with Gasteiger partial charge < -0.3 is 5.32 Å². The molecule has 5 heteroatoms. The van der Waals surface area contributed by atoms with Crippen molar-refractivity contribution in [2.45, 2.75) is 26.9 Å². The van der Waals surface area contributed by atoms with Gasteiger partial charge in [-0.1, -0.05) is 42.0 Å². The molecule has 0 bridgehead atoms. The summed E-state index contributed by atoms with van der Waals surface area (Å²) >= 11 is 0. The first-order valence-electron chi connectivity index (χ1n) is 7.82. The number of aryl methyl sites for hydroxylation is 2. The number of aromatic nitrogens is 2. The zero-order chi connectivity index (χ0) is 17.1. The van der Waals surface area contributed by atoms with Crippen LogP contribution in [-0.4, -0.2) is 15.7 Å². The van der Waals surface area contributed by atoms with E-state index in [4.69, 9.17) is 0 Å². The Balaban J connectivity index is 1.71. The molecule has 24 heavy (non-hydrogen) atoms. The first-order chi connectivity index (χ1) is 11.5. The summed E-state index contributed by atoms with van der Waals surface area (Å²) < 4.78 is 1.19. The molecule has 5 nitrogen and oxygen atoms in total. The summed E-state index contributed by atoms with van der Waals surface area (Å²) in [5.74, 6) is -0.236. The minimum Gasteiger partial charge on any atom is -0.350 e. The Morgan fingerprint density at radius 2 is 1.96 bits per heavy atom. The second kappa shape index (κ2) is 6.66. The standard InChI is InChI=1S/C19H19N3O2/c1-13-7-8-15(14(2)9-13)10-20-18(23)12-22-19(24)17-6-4-3-5-16(17)11-21-22/h3-9,11H,10,12H2,1-2H3,(H,20,23). The van der Waals surface area contributed by atoms with Gasteiger partial charge >= 0.3 is 0 Å². The lowest BCUT2D eigenvalue weighted by molar-refractivity contribution is -0.122. The van der Waals surface area contributed by atoms with Crippen LogP contribution in [0.3, 0.4) is 0 Å². The first-order valence-corrected chi connectivity index (χ1v) is 7.82. The Morgan fingerprint density at radius 1 is 1.17 bits per heavy atom. The molecule has 1 heterocycles. The van der Waals surface area contributed by atoms with E-state index in [1.165, 1.54) is 10.2 Å². The Kier molecular flexibility index (Phi) is 4.42. The maximum Gasteiger partial charge on any atom is 0.275 e. The number of fused-ring (bicyclic) bond motifs is 1. The van der Waals surface area contributed by atoms with Gasteiger partial charge in [0.05, 0.1) is 11.6 Å². The van der Waals surface area contributed by atoms with Crippen LogP contribution in [0, 0.1) is 13.8 Å². The van der Waals surface area contributed by atoms with Gasteiger partial charge in [0, 0.05) is 11.9 Å². The maximum atomic E-state index is 12.4. The molecule has 0 atom stereocenters. The number of carbonyl (C=O) groups is 1. The molecule has 0 radical (unpaired) electrons. The predicted molar refractivity (Wildman–Crippen MR) is 93.8 cm³/mol. The third kappa shape index (κ3) is 3.35. The van der Waals surface area contributed by atoms with E-state index in [-0.39, 0.29) is 18.0 Å². The van der Waals surface area contributed by atoms with E-state index in [1.54, 1.807) is 18.3 Å². The minimum absolute atomic E-state index is 0.0887. The summed E-state index contributed by atoms with van der Waals surface area (Å²) in [4.78, 5) is 24.5. The van der Waals surface area contributed by atoms with Gasteiger partial charge in [-0.25, -0.2) is 4.68 Å². The highest BCUT2D eigenvalue weighted by atomic mass is 16.2. The molecule has 0 aliphatic carbocycles. The maximum absolute atomic E-state index is 12.4. The van der Waals surface area contributed by atoms with Crippen LogP contribution in [-0.2, 0) is 17.9 Å². The zero-order valence-electron chi connectivity index (χ0n) is 13.7. The Labute approximate surface area is 139 Å². The summed E-state index contributed by atoms with van der Waals surface area (Å²) in [6, 6.07) is 13.3. The fourth-order valence-corrected chi connectivity index (χ4v) is 2.67. The first kappa shape index (κ1) is 15.9. The lowest BCUT2D eigenvalue weighted by atomic mass is 10.1. The van der Waals surface area contributed by atoms with Crippen molar-refractivity contribution in [3.05, 3.63) is 75.7 Å². The number of amides is 1. The predicted octanol–water partition coefficient (Wildman–Crippen LogP) is 2.33. The number of carbonyl (C=O) groups excluding carboxylic acids is 1. The van der Waals surface area contributed by atoms with Crippen molar-refractivity contribution in [3.63, 3.8) is 0 Å². The summed E-state index contributed by atoms with van der Waals surface area (Å²) in [7, 11) is 0. The van der Waals surface area contributed by atoms with Crippen LogP contribution in [0.5, 0.6) is 0 Å². The topological polar surface area (TPSA) is 64.0 Å². The van der Waals surface area contributed by atoms with Gasteiger partial charge in [0.2, 0.25) is 5.91 Å². The fraction of sp³-hybridized carbons (Fsp3) is 0.211. The molecule has 122 valence electrons. The van der Waals surface area contributed by atoms with Gasteiger partial charge in [-0.15, -0.1) is 0 Å². The van der Waals surface area contributed by atoms with Crippen LogP contribution in [0.15, 0.2) is 53.5 Å². The molecule has 0 spiro atoms. The SMILES string of the molecule is Cc1ccc(CNC(=O)Cn2ncc3ccccc3c2=O)c(C)c1. The molecule has 1 aromatic heterocycles. The number of rotatable bonds is 4. The molecule has 0 aliphatic heterocycles. The summed E-state index contributed by atoms with van der Waals surface area (Å²) in [6.07, 6.45) is 1.61. The zero-order valence-corrected chi connectivity index (χ0v) is 13.7. The molecule has 1 N–H and O–H groups in total. The van der Waals surface area contributed by atoms with Crippen LogP contribution in [0.2, 0.25) is 0 Å². The van der Waals surface area contributed by atoms with Crippen molar-refractivity contribution < 1.29 is 4.79 Å². The number of hydrogen-bond donors (Lipinski definition) is 1. The average molecular weight is 321 g/mol. The normalized spacial score (nSPS) is 10.8. The third-order valence-electron chi connectivity index (χ3n) is 4.03. The molecule has 0 aliphatic rings. The summed E-state index contributed by atoms with van der Waals surface area (Å²) in [5.41, 5.74) is 3.13. The van der Waals surface area contributed by atoms with Crippen LogP contribution < -0.4 is 10.9 Å². The molecule has 0 fully saturated rings. The Morgan fingerprint density at radius 3 is 2.75 bits per heavy atom. The van der Waals surface area contributed by atoms with Crippen LogP contribution in [0.4, 0.5) is 0 Å². The Hall–Kier alpha value is -2.95. The van der Waals surface area contributed by atoms with Gasteiger partial charge in [0.1, 0.15) is 6.54 Å². The molecule has 0 saturated carbocycles. The number of nitrogens with one attached hydrogen (secondary N) is 1. The van der Waals surface area contributed by atoms with Gasteiger partial charge in [-0.05, 0) is 31.0 Å². The van der Waals surface area contributed by atoms with Crippen LogP contribution >= 0.6 is 0 Å². The Bertz CT molecular complexity index is 960. The third-order valence-corrected chi connectivity index (χ3v) is 4.03. The fourth-order valence-electron chi connectivity index (χ4n) is 2.67. The van der Waals surface area contributed by atoms with Gasteiger partial charge in [-0.2, -0.15) is 5.10 Å². The van der Waals surface area contributed by atoms with Crippen molar-refractivity contribution in [2.24, 2.45) is 0 Å². The van der Waals surface area contributed by atoms with Crippen molar-refractivity contribution >= 4 is 16.7 Å². The van der Waals surface area contributed by atoms with Crippen molar-refractivity contribution in [3.8, 4) is 0 Å². The largest absolute Gasteiger partial charge is 0.350 e. The van der Waals surface area contributed by atoms with Gasteiger partial charge in [0.25, 0.3) is 5.56 Å². The quantitative estimate of drug-likeness (QED) is 0.802. The highest BCUT2D eigenvalue weighted by Crippen LogP contribution is 2.10. The van der Waals surface area contributed by atoms with E-state index in [0.29, 0.717) is 11.9 Å². The van der Waals surface area contributed by atoms with Crippen LogP contribution in [0.1, 0.15) is 16.7 Å². The molecule has 0 saturated heterocycles. The molecule has 3 rings (SSSR count). The minimum atomic E-state index is -0.255. The molecule has 3 aromatic rings. The van der Waals surface area contributed by atoms with Crippen molar-refractivity contribution in [1.82, 2.24) is 15.1 Å². The number of nitrogens with zero attached hydrogens (tertiary/aromatic N) is 2. The van der Waals surface area contributed by atoms with E-state index in [2.05, 4.69) is 16.5 Å². The second-order valence-corrected chi connectivity index (χ2v) is 5.90. The molecular weight excluding hydrogens is 302 g/mol. The average Bonchev–Trinajstić information content (AvgIpc) is 2.57. The van der Waals surface area contributed by atoms with Crippen molar-refractivity contribution in [2.75, 3.05) is 0 Å². The lowest BCUT2D eigenvalue weighted by Crippen LogP contribution is -2.33. The molecule has 2 aromatic carbocycles. The monoisotopic (exact) mass is 321 g/mol. The highest BCUT2D eigenvalue weighted by Gasteiger charge is 2.08.